The molecular formula is C9H7NS2. The van der Waals surface area contributed by atoms with Crippen LogP contribution in [0.5, 0.6) is 0 Å². The molecule has 0 aliphatic heterocycles. The lowest BCUT2D eigenvalue weighted by molar-refractivity contribution is 1.47. The molecule has 0 bridgehead atoms. The number of thiocarbonyl (C=S) groups is 1. The van der Waals surface area contributed by atoms with Gasteiger partial charge in [-0.15, -0.1) is 12.6 Å². The van der Waals surface area contributed by atoms with Crippen LogP contribution < -0.4 is 0 Å². The minimum Gasteiger partial charge on any atom is -0.360 e. The molecule has 2 rings (SSSR count). The normalized spacial score (nSPS) is 10.4. The summed E-state index contributed by atoms with van der Waals surface area (Å²) < 4.78 is 0.632. The van der Waals surface area contributed by atoms with E-state index in [9.17, 15) is 0 Å². The lowest BCUT2D eigenvalue weighted by Gasteiger charge is -1.92. The lowest BCUT2D eigenvalue weighted by atomic mass is 10.2. The Bertz CT molecular complexity index is 431. The molecule has 12 heavy (non-hydrogen) atoms. The molecule has 0 radical (unpaired) electrons. The maximum atomic E-state index is 4.99. The van der Waals surface area contributed by atoms with E-state index in [1.165, 1.54) is 0 Å². The van der Waals surface area contributed by atoms with Gasteiger partial charge in [0.1, 0.15) is 0 Å². The number of H-pyrrole nitrogens is 1. The van der Waals surface area contributed by atoms with Crippen LogP contribution in [0.15, 0.2) is 30.5 Å². The van der Waals surface area contributed by atoms with Crippen LogP contribution in [-0.4, -0.2) is 9.18 Å². The van der Waals surface area contributed by atoms with Crippen LogP contribution in [0.25, 0.3) is 10.9 Å². The molecule has 0 atom stereocenters. The van der Waals surface area contributed by atoms with Crippen LogP contribution in [0, 0.1) is 0 Å². The van der Waals surface area contributed by atoms with Crippen molar-refractivity contribution in [2.75, 3.05) is 0 Å². The van der Waals surface area contributed by atoms with E-state index < -0.39 is 0 Å². The molecule has 60 valence electrons. The zero-order chi connectivity index (χ0) is 8.55. The van der Waals surface area contributed by atoms with Gasteiger partial charge in [0.05, 0.1) is 4.20 Å². The van der Waals surface area contributed by atoms with E-state index in [1.807, 2.05) is 30.5 Å². The quantitative estimate of drug-likeness (QED) is 0.525. The third-order valence-corrected chi connectivity index (χ3v) is 2.28. The molecule has 1 heterocycles. The molecule has 0 unspecified atom stereocenters. The Balaban J connectivity index is 2.79. The minimum atomic E-state index is 0.632. The molecule has 0 saturated heterocycles. The summed E-state index contributed by atoms with van der Waals surface area (Å²) in [5, 5.41) is 1.14. The number of fused-ring (bicyclic) bond motifs is 1. The minimum absolute atomic E-state index is 0.632. The molecule has 0 fully saturated rings. The van der Waals surface area contributed by atoms with Crippen molar-refractivity contribution in [3.63, 3.8) is 0 Å². The van der Waals surface area contributed by atoms with Gasteiger partial charge < -0.3 is 4.98 Å². The monoisotopic (exact) mass is 193 g/mol. The van der Waals surface area contributed by atoms with Gasteiger partial charge in [0.25, 0.3) is 0 Å². The molecule has 0 amide bonds. The van der Waals surface area contributed by atoms with Crippen molar-refractivity contribution in [3.05, 3.63) is 36.0 Å². The summed E-state index contributed by atoms with van der Waals surface area (Å²) in [5.74, 6) is 0. The fourth-order valence-corrected chi connectivity index (χ4v) is 1.60. The molecule has 2 aromatic rings. The largest absolute Gasteiger partial charge is 0.360 e. The molecule has 0 aliphatic rings. The summed E-state index contributed by atoms with van der Waals surface area (Å²) >= 11 is 9.13. The highest BCUT2D eigenvalue weighted by atomic mass is 32.1. The van der Waals surface area contributed by atoms with E-state index in [2.05, 4.69) is 17.6 Å². The van der Waals surface area contributed by atoms with Crippen LogP contribution in [0.1, 0.15) is 5.56 Å². The van der Waals surface area contributed by atoms with Gasteiger partial charge in [-0.2, -0.15) is 0 Å². The predicted molar refractivity (Wildman–Crippen MR) is 59.0 cm³/mol. The summed E-state index contributed by atoms with van der Waals surface area (Å²) in [6.45, 7) is 0. The average molecular weight is 193 g/mol. The number of aromatic amines is 1. The number of thiol groups is 1. The molecule has 3 heteroatoms. The van der Waals surface area contributed by atoms with Crippen LogP contribution in [0.2, 0.25) is 0 Å². The Labute approximate surface area is 81.2 Å². The smallest absolute Gasteiger partial charge is 0.0769 e. The van der Waals surface area contributed by atoms with Gasteiger partial charge >= 0.3 is 0 Å². The Morgan fingerprint density at radius 1 is 1.33 bits per heavy atom. The lowest BCUT2D eigenvalue weighted by Crippen LogP contribution is -1.82. The SMILES string of the molecule is S=C(S)c1c[nH]c2ccccc12. The van der Waals surface area contributed by atoms with E-state index in [0.717, 1.165) is 16.5 Å². The van der Waals surface area contributed by atoms with E-state index in [-0.39, 0.29) is 0 Å². The Kier molecular flexibility index (Phi) is 1.90. The van der Waals surface area contributed by atoms with Crippen molar-refractivity contribution in [2.45, 2.75) is 0 Å². The van der Waals surface area contributed by atoms with Gasteiger partial charge in [-0.3, -0.25) is 0 Å². The Hall–Kier alpha value is -0.800. The number of benzene rings is 1. The zero-order valence-electron chi connectivity index (χ0n) is 6.24. The molecule has 1 aromatic carbocycles. The van der Waals surface area contributed by atoms with Crippen molar-refractivity contribution < 1.29 is 0 Å². The van der Waals surface area contributed by atoms with Crippen molar-refractivity contribution in [1.82, 2.24) is 4.98 Å². The second-order valence-corrected chi connectivity index (χ2v) is 3.71. The highest BCUT2D eigenvalue weighted by Crippen LogP contribution is 2.19. The summed E-state index contributed by atoms with van der Waals surface area (Å²) in [7, 11) is 0. The van der Waals surface area contributed by atoms with Crippen molar-refractivity contribution in [3.8, 4) is 0 Å². The molecule has 0 aliphatic carbocycles. The first-order valence-electron chi connectivity index (χ1n) is 3.58. The van der Waals surface area contributed by atoms with E-state index in [0.29, 0.717) is 4.20 Å². The van der Waals surface area contributed by atoms with Gasteiger partial charge in [-0.05, 0) is 6.07 Å². The predicted octanol–water partition coefficient (Wildman–Crippen LogP) is 2.77. The zero-order valence-corrected chi connectivity index (χ0v) is 7.95. The first-order valence-corrected chi connectivity index (χ1v) is 4.44. The molecule has 1 aromatic heterocycles. The number of nitrogens with one attached hydrogen (secondary N) is 1. The number of aromatic nitrogens is 1. The summed E-state index contributed by atoms with van der Waals surface area (Å²) in [5.41, 5.74) is 2.10. The van der Waals surface area contributed by atoms with E-state index >= 15 is 0 Å². The van der Waals surface area contributed by atoms with Crippen molar-refractivity contribution in [1.29, 1.82) is 0 Å². The molecule has 1 N–H and O–H groups in total. The van der Waals surface area contributed by atoms with Crippen molar-refractivity contribution >= 4 is 39.9 Å². The van der Waals surface area contributed by atoms with Gasteiger partial charge in [-0.1, -0.05) is 30.4 Å². The third-order valence-electron chi connectivity index (χ3n) is 1.82. The average Bonchev–Trinajstić information content (AvgIpc) is 2.47. The topological polar surface area (TPSA) is 15.8 Å². The number of rotatable bonds is 1. The second-order valence-electron chi connectivity index (χ2n) is 2.55. The first-order chi connectivity index (χ1) is 5.79. The number of hydrogen-bond donors (Lipinski definition) is 2. The van der Waals surface area contributed by atoms with Crippen LogP contribution in [-0.2, 0) is 0 Å². The van der Waals surface area contributed by atoms with E-state index in [4.69, 9.17) is 12.2 Å². The van der Waals surface area contributed by atoms with Gasteiger partial charge in [0, 0.05) is 22.7 Å². The standard InChI is InChI=1S/C9H7NS2/c11-9(12)7-5-10-8-4-2-1-3-6(7)8/h1-5,10H,(H,11,12). The van der Waals surface area contributed by atoms with Gasteiger partial charge in [0.15, 0.2) is 0 Å². The van der Waals surface area contributed by atoms with Crippen LogP contribution in [0.4, 0.5) is 0 Å². The second kappa shape index (κ2) is 2.92. The van der Waals surface area contributed by atoms with Crippen LogP contribution >= 0.6 is 24.8 Å². The molecule has 0 saturated carbocycles. The van der Waals surface area contributed by atoms with Gasteiger partial charge in [0.2, 0.25) is 0 Å². The number of hydrogen-bond acceptors (Lipinski definition) is 1. The van der Waals surface area contributed by atoms with E-state index in [1.54, 1.807) is 0 Å². The maximum absolute atomic E-state index is 4.99. The highest BCUT2D eigenvalue weighted by Gasteiger charge is 2.03. The first kappa shape index (κ1) is 7.83. The maximum Gasteiger partial charge on any atom is 0.0769 e. The fourth-order valence-electron chi connectivity index (χ4n) is 1.25. The van der Waals surface area contributed by atoms with Gasteiger partial charge in [-0.25, -0.2) is 0 Å². The molecule has 1 nitrogen and oxygen atoms in total. The summed E-state index contributed by atoms with van der Waals surface area (Å²) in [6.07, 6.45) is 1.89. The summed E-state index contributed by atoms with van der Waals surface area (Å²) in [6, 6.07) is 8.03. The molecular weight excluding hydrogens is 186 g/mol. The Morgan fingerprint density at radius 2 is 2.08 bits per heavy atom. The number of para-hydroxylation sites is 1. The fraction of sp³-hybridized carbons (Fsp3) is 0. The summed E-state index contributed by atoms with van der Waals surface area (Å²) in [4.78, 5) is 3.13. The Morgan fingerprint density at radius 3 is 2.83 bits per heavy atom. The molecule has 0 spiro atoms. The van der Waals surface area contributed by atoms with Crippen LogP contribution in [0.3, 0.4) is 0 Å². The van der Waals surface area contributed by atoms with Crippen molar-refractivity contribution in [2.24, 2.45) is 0 Å². The highest BCUT2D eigenvalue weighted by molar-refractivity contribution is 8.11. The third kappa shape index (κ3) is 1.15.